The number of hydrogen-bond donors (Lipinski definition) is 0. The SMILES string of the molecule is CCOC(=O)C1=C(c2ccccc2)N=c2s/c(=C/c3ccccc3F)c(=O)n2[C@H]1c1ccccc1. The number of fused-ring (bicyclic) bond motifs is 1. The summed E-state index contributed by atoms with van der Waals surface area (Å²) in [5.74, 6) is -0.956. The van der Waals surface area contributed by atoms with Crippen molar-refractivity contribution < 1.29 is 13.9 Å². The van der Waals surface area contributed by atoms with Crippen molar-refractivity contribution in [2.45, 2.75) is 13.0 Å². The lowest BCUT2D eigenvalue weighted by molar-refractivity contribution is -0.138. The molecule has 3 aromatic carbocycles. The lowest BCUT2D eigenvalue weighted by Crippen LogP contribution is -2.40. The third-order valence-corrected chi connectivity index (χ3v) is 6.66. The Morgan fingerprint density at radius 2 is 1.69 bits per heavy atom. The number of benzene rings is 3. The molecule has 0 N–H and O–H groups in total. The van der Waals surface area contributed by atoms with Crippen LogP contribution in [0.3, 0.4) is 0 Å². The molecule has 0 saturated carbocycles. The molecule has 1 aliphatic rings. The average Bonchev–Trinajstić information content (AvgIpc) is 3.20. The monoisotopic (exact) mass is 484 g/mol. The standard InChI is InChI=1S/C28H21FN2O3S/c1-2-34-27(33)23-24(18-11-5-3-6-12-18)30-28-31(25(23)19-13-7-4-8-14-19)26(32)22(35-28)17-20-15-9-10-16-21(20)29/h3-17,25H,2H2,1H3/b22-17+/t25-/m0/s1. The number of carbonyl (C=O) groups is 1. The zero-order valence-corrected chi connectivity index (χ0v) is 19.7. The summed E-state index contributed by atoms with van der Waals surface area (Å²) in [4.78, 5) is 32.2. The Kier molecular flexibility index (Phi) is 6.25. The van der Waals surface area contributed by atoms with E-state index < -0.39 is 17.8 Å². The maximum absolute atomic E-state index is 14.3. The normalized spacial score (nSPS) is 15.5. The van der Waals surface area contributed by atoms with Crippen LogP contribution in [0.2, 0.25) is 0 Å². The van der Waals surface area contributed by atoms with Crippen LogP contribution in [0.25, 0.3) is 11.8 Å². The Morgan fingerprint density at radius 1 is 1.03 bits per heavy atom. The largest absolute Gasteiger partial charge is 0.463 e. The molecule has 0 radical (unpaired) electrons. The summed E-state index contributed by atoms with van der Waals surface area (Å²) >= 11 is 1.16. The predicted octanol–water partition coefficient (Wildman–Crippen LogP) is 4.07. The van der Waals surface area contributed by atoms with Crippen LogP contribution in [0, 0.1) is 5.82 Å². The molecule has 7 heteroatoms. The maximum Gasteiger partial charge on any atom is 0.338 e. The van der Waals surface area contributed by atoms with Gasteiger partial charge in [0.1, 0.15) is 5.82 Å². The molecule has 4 aromatic rings. The van der Waals surface area contributed by atoms with Crippen molar-refractivity contribution in [3.63, 3.8) is 0 Å². The van der Waals surface area contributed by atoms with E-state index in [4.69, 9.17) is 9.73 Å². The minimum absolute atomic E-state index is 0.184. The number of halogens is 1. The zero-order chi connectivity index (χ0) is 24.4. The van der Waals surface area contributed by atoms with Crippen LogP contribution in [-0.4, -0.2) is 17.1 Å². The number of rotatable bonds is 5. The molecule has 0 bridgehead atoms. The van der Waals surface area contributed by atoms with Crippen LogP contribution >= 0.6 is 11.3 Å². The second-order valence-electron chi connectivity index (χ2n) is 7.86. The first kappa shape index (κ1) is 22.7. The van der Waals surface area contributed by atoms with E-state index in [1.54, 1.807) is 25.1 Å². The molecule has 1 aliphatic heterocycles. The Morgan fingerprint density at radius 3 is 2.37 bits per heavy atom. The summed E-state index contributed by atoms with van der Waals surface area (Å²) in [6, 6.07) is 24.2. The molecule has 5 nitrogen and oxygen atoms in total. The third kappa shape index (κ3) is 4.26. The fourth-order valence-corrected chi connectivity index (χ4v) is 5.12. The molecule has 2 heterocycles. The van der Waals surface area contributed by atoms with Gasteiger partial charge in [0.2, 0.25) is 0 Å². The van der Waals surface area contributed by atoms with E-state index in [9.17, 15) is 14.0 Å². The molecule has 174 valence electrons. The molecule has 0 fully saturated rings. The van der Waals surface area contributed by atoms with Gasteiger partial charge in [-0.05, 0) is 24.6 Å². The minimum Gasteiger partial charge on any atom is -0.463 e. The van der Waals surface area contributed by atoms with Gasteiger partial charge in [-0.25, -0.2) is 14.2 Å². The number of ether oxygens (including phenoxy) is 1. The van der Waals surface area contributed by atoms with Crippen molar-refractivity contribution in [1.29, 1.82) is 0 Å². The van der Waals surface area contributed by atoms with E-state index in [-0.39, 0.29) is 17.7 Å². The van der Waals surface area contributed by atoms with E-state index >= 15 is 0 Å². The van der Waals surface area contributed by atoms with Gasteiger partial charge >= 0.3 is 5.97 Å². The van der Waals surface area contributed by atoms with E-state index in [0.717, 1.165) is 22.5 Å². The molecule has 1 atom stereocenters. The molecule has 0 spiro atoms. The van der Waals surface area contributed by atoms with Crippen LogP contribution < -0.4 is 14.9 Å². The first-order valence-electron chi connectivity index (χ1n) is 11.2. The summed E-state index contributed by atoms with van der Waals surface area (Å²) < 4.78 is 21.6. The first-order chi connectivity index (χ1) is 17.1. The van der Waals surface area contributed by atoms with Crippen LogP contribution in [0.4, 0.5) is 4.39 Å². The molecule has 5 rings (SSSR count). The quantitative estimate of drug-likeness (QED) is 0.401. The Hall–Kier alpha value is -4.10. The Bertz CT molecular complexity index is 1610. The number of esters is 1. The minimum atomic E-state index is -0.746. The number of carbonyl (C=O) groups excluding carboxylic acids is 1. The highest BCUT2D eigenvalue weighted by molar-refractivity contribution is 7.07. The van der Waals surface area contributed by atoms with Crippen LogP contribution in [-0.2, 0) is 9.53 Å². The van der Waals surface area contributed by atoms with Crippen LogP contribution in [0.1, 0.15) is 29.7 Å². The Balaban J connectivity index is 1.84. The predicted molar refractivity (Wildman–Crippen MR) is 134 cm³/mol. The van der Waals surface area contributed by atoms with Gasteiger partial charge in [0.05, 0.1) is 28.5 Å². The molecule has 0 aliphatic carbocycles. The maximum atomic E-state index is 14.3. The fraction of sp³-hybridized carbons (Fsp3) is 0.107. The number of hydrogen-bond acceptors (Lipinski definition) is 5. The molecular weight excluding hydrogens is 463 g/mol. The van der Waals surface area contributed by atoms with E-state index in [2.05, 4.69) is 0 Å². The topological polar surface area (TPSA) is 60.7 Å². The van der Waals surface area contributed by atoms with Gasteiger partial charge in [-0.3, -0.25) is 9.36 Å². The molecular formula is C28H21FN2O3S. The van der Waals surface area contributed by atoms with Gasteiger partial charge in [0, 0.05) is 11.1 Å². The molecule has 0 amide bonds. The lowest BCUT2D eigenvalue weighted by atomic mass is 9.93. The molecule has 0 saturated heterocycles. The van der Waals surface area contributed by atoms with Gasteiger partial charge in [-0.15, -0.1) is 0 Å². The molecule has 1 aromatic heterocycles. The van der Waals surface area contributed by atoms with Gasteiger partial charge < -0.3 is 4.74 Å². The summed E-state index contributed by atoms with van der Waals surface area (Å²) in [7, 11) is 0. The van der Waals surface area contributed by atoms with E-state index in [1.807, 2.05) is 60.7 Å². The molecule has 35 heavy (non-hydrogen) atoms. The van der Waals surface area contributed by atoms with Gasteiger partial charge in [-0.1, -0.05) is 90.2 Å². The second-order valence-corrected chi connectivity index (χ2v) is 8.87. The smallest absolute Gasteiger partial charge is 0.338 e. The highest BCUT2D eigenvalue weighted by atomic mass is 32.1. The number of thiazole rings is 1. The number of aromatic nitrogens is 1. The summed E-state index contributed by atoms with van der Waals surface area (Å²) in [6.45, 7) is 1.92. The van der Waals surface area contributed by atoms with Gasteiger partial charge in [0.25, 0.3) is 5.56 Å². The first-order valence-corrected chi connectivity index (χ1v) is 12.0. The van der Waals surface area contributed by atoms with Crippen molar-refractivity contribution >= 4 is 29.1 Å². The summed E-state index contributed by atoms with van der Waals surface area (Å²) in [5, 5.41) is 0. The van der Waals surface area contributed by atoms with E-state index in [1.165, 1.54) is 16.7 Å². The highest BCUT2D eigenvalue weighted by Crippen LogP contribution is 2.35. The van der Waals surface area contributed by atoms with Gasteiger partial charge in [-0.2, -0.15) is 0 Å². The number of nitrogens with zero attached hydrogens (tertiary/aromatic N) is 2. The average molecular weight is 485 g/mol. The van der Waals surface area contributed by atoms with Crippen LogP contribution in [0.15, 0.2) is 100 Å². The lowest BCUT2D eigenvalue weighted by Gasteiger charge is -2.25. The molecule has 0 unspecified atom stereocenters. The van der Waals surface area contributed by atoms with Crippen molar-refractivity contribution in [3.8, 4) is 0 Å². The van der Waals surface area contributed by atoms with Crippen molar-refractivity contribution in [1.82, 2.24) is 4.57 Å². The Labute approximate surface area is 204 Å². The second kappa shape index (κ2) is 9.64. The van der Waals surface area contributed by atoms with Crippen LogP contribution in [0.5, 0.6) is 0 Å². The van der Waals surface area contributed by atoms with Crippen molar-refractivity contribution in [2.75, 3.05) is 6.61 Å². The van der Waals surface area contributed by atoms with E-state index in [0.29, 0.717) is 20.6 Å². The summed E-state index contributed by atoms with van der Waals surface area (Å²) in [5.41, 5.74) is 2.19. The van der Waals surface area contributed by atoms with Gasteiger partial charge in [0.15, 0.2) is 4.80 Å². The third-order valence-electron chi connectivity index (χ3n) is 5.68. The highest BCUT2D eigenvalue weighted by Gasteiger charge is 2.35. The fourth-order valence-electron chi connectivity index (χ4n) is 4.12. The zero-order valence-electron chi connectivity index (χ0n) is 18.9. The summed E-state index contributed by atoms with van der Waals surface area (Å²) in [6.07, 6.45) is 1.53. The van der Waals surface area contributed by atoms with Crippen molar-refractivity contribution in [3.05, 3.63) is 133 Å². The van der Waals surface area contributed by atoms with Crippen molar-refractivity contribution in [2.24, 2.45) is 4.99 Å².